The second-order valence-electron chi connectivity index (χ2n) is 5.27. The first-order valence-electron chi connectivity index (χ1n) is 6.44. The van der Waals surface area contributed by atoms with Crippen molar-refractivity contribution in [2.45, 2.75) is 40.0 Å². The number of methoxy groups -OCH3 is 1. The summed E-state index contributed by atoms with van der Waals surface area (Å²) in [6, 6.07) is 0. The van der Waals surface area contributed by atoms with Crippen molar-refractivity contribution in [3.05, 3.63) is 0 Å². The van der Waals surface area contributed by atoms with Crippen LogP contribution < -0.4 is 5.73 Å². The standard InChI is InChI=1S/C13H28N2O2/c1-5-15(10-12(16)17-4)9-7-6-8-13(2,3)11-14/h5-11,14H2,1-4H3. The topological polar surface area (TPSA) is 55.6 Å². The first-order chi connectivity index (χ1) is 7.95. The van der Waals surface area contributed by atoms with E-state index in [2.05, 4.69) is 30.4 Å². The molecule has 0 aromatic carbocycles. The van der Waals surface area contributed by atoms with Gasteiger partial charge in [-0.1, -0.05) is 27.2 Å². The van der Waals surface area contributed by atoms with Gasteiger partial charge in [0.25, 0.3) is 0 Å². The van der Waals surface area contributed by atoms with E-state index in [1.165, 1.54) is 7.11 Å². The molecule has 0 unspecified atom stereocenters. The summed E-state index contributed by atoms with van der Waals surface area (Å²) < 4.78 is 4.66. The van der Waals surface area contributed by atoms with Crippen LogP contribution in [0.2, 0.25) is 0 Å². The third-order valence-corrected chi connectivity index (χ3v) is 3.16. The highest BCUT2D eigenvalue weighted by atomic mass is 16.5. The Hall–Kier alpha value is -0.610. The third kappa shape index (κ3) is 8.16. The fourth-order valence-corrected chi connectivity index (χ4v) is 1.64. The van der Waals surface area contributed by atoms with Gasteiger partial charge in [0, 0.05) is 0 Å². The molecular weight excluding hydrogens is 216 g/mol. The molecule has 0 saturated carbocycles. The molecule has 0 amide bonds. The van der Waals surface area contributed by atoms with Crippen molar-refractivity contribution >= 4 is 5.97 Å². The summed E-state index contributed by atoms with van der Waals surface area (Å²) in [5, 5.41) is 0. The molecule has 0 radical (unpaired) electrons. The number of hydrogen-bond acceptors (Lipinski definition) is 4. The molecule has 4 heteroatoms. The molecule has 2 N–H and O–H groups in total. The minimum absolute atomic E-state index is 0.158. The van der Waals surface area contributed by atoms with Gasteiger partial charge in [-0.15, -0.1) is 0 Å². The van der Waals surface area contributed by atoms with E-state index >= 15 is 0 Å². The fourth-order valence-electron chi connectivity index (χ4n) is 1.64. The fraction of sp³-hybridized carbons (Fsp3) is 0.923. The molecule has 0 aliphatic rings. The summed E-state index contributed by atoms with van der Waals surface area (Å²) in [4.78, 5) is 13.3. The predicted molar refractivity (Wildman–Crippen MR) is 70.8 cm³/mol. The van der Waals surface area contributed by atoms with Gasteiger partial charge in [-0.3, -0.25) is 9.69 Å². The van der Waals surface area contributed by atoms with Crippen LogP contribution in [0.1, 0.15) is 40.0 Å². The van der Waals surface area contributed by atoms with E-state index in [0.717, 1.165) is 38.9 Å². The zero-order valence-electron chi connectivity index (χ0n) is 11.8. The van der Waals surface area contributed by atoms with Gasteiger partial charge in [-0.2, -0.15) is 0 Å². The first kappa shape index (κ1) is 16.4. The molecular formula is C13H28N2O2. The van der Waals surface area contributed by atoms with Crippen molar-refractivity contribution in [3.8, 4) is 0 Å². The Kier molecular flexibility index (Phi) is 8.17. The maximum absolute atomic E-state index is 11.1. The Morgan fingerprint density at radius 2 is 2.00 bits per heavy atom. The number of unbranched alkanes of at least 4 members (excludes halogenated alkanes) is 1. The van der Waals surface area contributed by atoms with Crippen LogP contribution in [0.4, 0.5) is 0 Å². The van der Waals surface area contributed by atoms with E-state index in [4.69, 9.17) is 5.73 Å². The lowest BCUT2D eigenvalue weighted by atomic mass is 9.87. The number of nitrogens with zero attached hydrogens (tertiary/aromatic N) is 1. The molecule has 0 aliphatic carbocycles. The van der Waals surface area contributed by atoms with Gasteiger partial charge in [0.05, 0.1) is 13.7 Å². The lowest BCUT2D eigenvalue weighted by molar-refractivity contribution is -0.141. The summed E-state index contributed by atoms with van der Waals surface area (Å²) in [5.74, 6) is -0.158. The summed E-state index contributed by atoms with van der Waals surface area (Å²) in [6.45, 7) is 9.41. The maximum Gasteiger partial charge on any atom is 0.319 e. The molecule has 0 aromatic rings. The predicted octanol–water partition coefficient (Wildman–Crippen LogP) is 1.64. The van der Waals surface area contributed by atoms with Crippen LogP contribution in [0, 0.1) is 5.41 Å². The van der Waals surface area contributed by atoms with E-state index in [0.29, 0.717) is 6.54 Å². The quantitative estimate of drug-likeness (QED) is 0.495. The van der Waals surface area contributed by atoms with Crippen LogP contribution >= 0.6 is 0 Å². The SMILES string of the molecule is CCN(CCCCC(C)(C)CN)CC(=O)OC. The van der Waals surface area contributed by atoms with Gasteiger partial charge in [-0.25, -0.2) is 0 Å². The molecule has 0 spiro atoms. The van der Waals surface area contributed by atoms with Gasteiger partial charge >= 0.3 is 5.97 Å². The van der Waals surface area contributed by atoms with Gasteiger partial charge in [-0.05, 0) is 37.9 Å². The average Bonchev–Trinajstić information content (AvgIpc) is 2.32. The van der Waals surface area contributed by atoms with E-state index in [1.807, 2.05) is 0 Å². The molecule has 0 aliphatic heterocycles. The lowest BCUT2D eigenvalue weighted by Gasteiger charge is -2.23. The summed E-state index contributed by atoms with van der Waals surface area (Å²) >= 11 is 0. The first-order valence-corrected chi connectivity index (χ1v) is 6.44. The summed E-state index contributed by atoms with van der Waals surface area (Å²) in [5.41, 5.74) is 5.92. The summed E-state index contributed by atoms with van der Waals surface area (Å²) in [7, 11) is 1.43. The van der Waals surface area contributed by atoms with Gasteiger partial charge in [0.15, 0.2) is 0 Å². The zero-order valence-corrected chi connectivity index (χ0v) is 11.8. The van der Waals surface area contributed by atoms with E-state index in [-0.39, 0.29) is 11.4 Å². The number of ether oxygens (including phenoxy) is 1. The van der Waals surface area contributed by atoms with Crippen LogP contribution in [0.15, 0.2) is 0 Å². The van der Waals surface area contributed by atoms with Gasteiger partial charge in [0.1, 0.15) is 0 Å². The molecule has 0 atom stereocenters. The number of carbonyl (C=O) groups is 1. The Balaban J connectivity index is 3.74. The molecule has 0 aromatic heterocycles. The molecule has 0 bridgehead atoms. The molecule has 4 nitrogen and oxygen atoms in total. The maximum atomic E-state index is 11.1. The Labute approximate surface area is 105 Å². The highest BCUT2D eigenvalue weighted by Gasteiger charge is 2.15. The number of rotatable bonds is 9. The van der Waals surface area contributed by atoms with E-state index in [9.17, 15) is 4.79 Å². The molecule has 0 saturated heterocycles. The largest absolute Gasteiger partial charge is 0.468 e. The van der Waals surface area contributed by atoms with E-state index < -0.39 is 0 Å². The number of likely N-dealkylation sites (N-methyl/N-ethyl adjacent to an activating group) is 1. The Morgan fingerprint density at radius 3 is 2.47 bits per heavy atom. The smallest absolute Gasteiger partial charge is 0.319 e. The highest BCUT2D eigenvalue weighted by Crippen LogP contribution is 2.21. The molecule has 17 heavy (non-hydrogen) atoms. The van der Waals surface area contributed by atoms with E-state index in [1.54, 1.807) is 0 Å². The van der Waals surface area contributed by atoms with Crippen molar-refractivity contribution in [2.24, 2.45) is 11.1 Å². The second-order valence-corrected chi connectivity index (χ2v) is 5.27. The molecule has 0 rings (SSSR count). The Morgan fingerprint density at radius 1 is 1.35 bits per heavy atom. The number of hydrogen-bond donors (Lipinski definition) is 1. The van der Waals surface area contributed by atoms with Crippen LogP contribution in [0.3, 0.4) is 0 Å². The number of esters is 1. The number of carbonyl (C=O) groups excluding carboxylic acids is 1. The van der Waals surface area contributed by atoms with Crippen LogP contribution in [0.25, 0.3) is 0 Å². The third-order valence-electron chi connectivity index (χ3n) is 3.16. The normalized spacial score (nSPS) is 11.9. The monoisotopic (exact) mass is 244 g/mol. The Bertz CT molecular complexity index is 217. The highest BCUT2D eigenvalue weighted by molar-refractivity contribution is 5.71. The van der Waals surface area contributed by atoms with Gasteiger partial charge < -0.3 is 10.5 Å². The van der Waals surface area contributed by atoms with Gasteiger partial charge in [0.2, 0.25) is 0 Å². The average molecular weight is 244 g/mol. The number of nitrogens with two attached hydrogens (primary N) is 1. The van der Waals surface area contributed by atoms with Crippen LogP contribution in [0.5, 0.6) is 0 Å². The lowest BCUT2D eigenvalue weighted by Crippen LogP contribution is -2.31. The minimum atomic E-state index is -0.158. The molecule has 0 fully saturated rings. The van der Waals surface area contributed by atoms with Crippen LogP contribution in [-0.2, 0) is 9.53 Å². The van der Waals surface area contributed by atoms with Crippen molar-refractivity contribution in [3.63, 3.8) is 0 Å². The second kappa shape index (κ2) is 8.48. The minimum Gasteiger partial charge on any atom is -0.468 e. The van der Waals surface area contributed by atoms with Crippen molar-refractivity contribution in [1.29, 1.82) is 0 Å². The molecule has 102 valence electrons. The zero-order chi connectivity index (χ0) is 13.3. The van der Waals surface area contributed by atoms with Crippen molar-refractivity contribution < 1.29 is 9.53 Å². The molecule has 0 heterocycles. The van der Waals surface area contributed by atoms with Crippen LogP contribution in [-0.4, -0.2) is 44.2 Å². The van der Waals surface area contributed by atoms with Crippen molar-refractivity contribution in [2.75, 3.05) is 33.3 Å². The van der Waals surface area contributed by atoms with Crippen molar-refractivity contribution in [1.82, 2.24) is 4.90 Å². The summed E-state index contributed by atoms with van der Waals surface area (Å²) in [6.07, 6.45) is 3.40.